The average molecular weight is 551 g/mol. The fourth-order valence-electron chi connectivity index (χ4n) is 6.01. The van der Waals surface area contributed by atoms with Crippen LogP contribution in [0.15, 0.2) is 24.3 Å². The highest BCUT2D eigenvalue weighted by atomic mass is 16.7. The van der Waals surface area contributed by atoms with E-state index in [4.69, 9.17) is 23.7 Å². The zero-order valence-electron chi connectivity index (χ0n) is 24.7. The van der Waals surface area contributed by atoms with E-state index in [0.29, 0.717) is 12.8 Å². The molecule has 2 heterocycles. The molecular formula is C32H54O7. The molecule has 0 radical (unpaired) electrons. The van der Waals surface area contributed by atoms with Crippen molar-refractivity contribution in [3.63, 3.8) is 0 Å². The second-order valence-corrected chi connectivity index (χ2v) is 11.7. The first-order chi connectivity index (χ1) is 18.9. The minimum absolute atomic E-state index is 0.0533. The molecule has 3 rings (SSSR count). The highest BCUT2D eigenvalue weighted by Crippen LogP contribution is 2.40. The lowest BCUT2D eigenvalue weighted by molar-refractivity contribution is -0.208. The first kappa shape index (κ1) is 32.3. The van der Waals surface area contributed by atoms with Crippen molar-refractivity contribution < 1.29 is 33.6 Å². The van der Waals surface area contributed by atoms with Gasteiger partial charge in [-0.05, 0) is 77.0 Å². The van der Waals surface area contributed by atoms with Crippen LogP contribution in [-0.2, 0) is 28.5 Å². The number of aliphatic hydroxyl groups excluding tert-OH is 1. The number of allylic oxidation sites excluding steroid dienone is 2. The zero-order chi connectivity index (χ0) is 27.9. The van der Waals surface area contributed by atoms with Gasteiger partial charge in [0.25, 0.3) is 0 Å². The normalized spacial score (nSPS) is 31.6. The van der Waals surface area contributed by atoms with E-state index in [2.05, 4.69) is 38.2 Å². The molecule has 1 N–H and O–H groups in total. The molecule has 3 aliphatic rings. The van der Waals surface area contributed by atoms with Crippen molar-refractivity contribution in [1.82, 2.24) is 0 Å². The SMILES string of the molecule is CCCCC[C@@](C)(C=C[C@@H]1[C@@H](CC=CCCCC(=O)OC)[C@@H](O)C[C@H]1OC1CCCCO1)OC1CCCCO1. The van der Waals surface area contributed by atoms with Gasteiger partial charge < -0.3 is 28.8 Å². The predicted molar refractivity (Wildman–Crippen MR) is 152 cm³/mol. The number of carbonyl (C=O) groups is 1. The van der Waals surface area contributed by atoms with Crippen LogP contribution in [0.5, 0.6) is 0 Å². The van der Waals surface area contributed by atoms with Gasteiger partial charge in [-0.25, -0.2) is 0 Å². The molecule has 1 aliphatic carbocycles. The Kier molecular flexibility index (Phi) is 14.5. The van der Waals surface area contributed by atoms with Crippen LogP contribution in [0, 0.1) is 11.8 Å². The minimum atomic E-state index is -0.443. The van der Waals surface area contributed by atoms with Crippen LogP contribution in [0.25, 0.3) is 0 Å². The quantitative estimate of drug-likeness (QED) is 0.131. The van der Waals surface area contributed by atoms with E-state index in [1.807, 2.05) is 0 Å². The lowest BCUT2D eigenvalue weighted by atomic mass is 9.87. The largest absolute Gasteiger partial charge is 0.469 e. The number of ether oxygens (including phenoxy) is 5. The molecule has 1 saturated carbocycles. The summed E-state index contributed by atoms with van der Waals surface area (Å²) in [5.74, 6) is -0.0586. The molecule has 0 amide bonds. The average Bonchev–Trinajstić information content (AvgIpc) is 3.23. The highest BCUT2D eigenvalue weighted by molar-refractivity contribution is 5.69. The lowest BCUT2D eigenvalue weighted by Gasteiger charge is -2.34. The summed E-state index contributed by atoms with van der Waals surface area (Å²) in [7, 11) is 1.42. The van der Waals surface area contributed by atoms with Crippen molar-refractivity contribution in [2.45, 2.75) is 141 Å². The highest BCUT2D eigenvalue weighted by Gasteiger charge is 2.43. The van der Waals surface area contributed by atoms with E-state index in [1.165, 1.54) is 20.0 Å². The Hall–Kier alpha value is -1.25. The van der Waals surface area contributed by atoms with Crippen LogP contribution in [0.2, 0.25) is 0 Å². The summed E-state index contributed by atoms with van der Waals surface area (Å²) in [5, 5.41) is 11.1. The number of methoxy groups -OCH3 is 1. The fourth-order valence-corrected chi connectivity index (χ4v) is 6.01. The molecule has 2 unspecified atom stereocenters. The lowest BCUT2D eigenvalue weighted by Crippen LogP contribution is -2.36. The van der Waals surface area contributed by atoms with Crippen LogP contribution < -0.4 is 0 Å². The smallest absolute Gasteiger partial charge is 0.305 e. The maximum Gasteiger partial charge on any atom is 0.305 e. The Morgan fingerprint density at radius 3 is 2.44 bits per heavy atom. The van der Waals surface area contributed by atoms with Crippen molar-refractivity contribution in [3.05, 3.63) is 24.3 Å². The molecule has 7 nitrogen and oxygen atoms in total. The van der Waals surface area contributed by atoms with Gasteiger partial charge in [0.05, 0.1) is 24.9 Å². The topological polar surface area (TPSA) is 83.5 Å². The molecule has 224 valence electrons. The molecule has 2 aliphatic heterocycles. The molecule has 0 aromatic rings. The number of rotatable bonds is 16. The van der Waals surface area contributed by atoms with E-state index in [1.54, 1.807) is 0 Å². The first-order valence-electron chi connectivity index (χ1n) is 15.6. The summed E-state index contributed by atoms with van der Waals surface area (Å²) >= 11 is 0. The van der Waals surface area contributed by atoms with Gasteiger partial charge in [0.2, 0.25) is 0 Å². The Bertz CT molecular complexity index is 741. The third-order valence-corrected chi connectivity index (χ3v) is 8.40. The third kappa shape index (κ3) is 11.3. The molecule has 2 saturated heterocycles. The van der Waals surface area contributed by atoms with Crippen LogP contribution in [0.3, 0.4) is 0 Å². The van der Waals surface area contributed by atoms with Crippen LogP contribution in [0.1, 0.15) is 110 Å². The zero-order valence-corrected chi connectivity index (χ0v) is 24.7. The number of hydrogen-bond donors (Lipinski definition) is 1. The number of unbranched alkanes of at least 4 members (excludes halogenated alkanes) is 3. The Morgan fingerprint density at radius 2 is 1.77 bits per heavy atom. The van der Waals surface area contributed by atoms with Crippen LogP contribution >= 0.6 is 0 Å². The second kappa shape index (κ2) is 17.5. The number of aliphatic hydroxyl groups is 1. The van der Waals surface area contributed by atoms with Gasteiger partial charge >= 0.3 is 5.97 Å². The molecule has 0 spiro atoms. The van der Waals surface area contributed by atoms with Gasteiger partial charge in [0.1, 0.15) is 0 Å². The molecule has 0 aromatic carbocycles. The first-order valence-corrected chi connectivity index (χ1v) is 15.6. The van der Waals surface area contributed by atoms with Gasteiger partial charge in [-0.15, -0.1) is 0 Å². The second-order valence-electron chi connectivity index (χ2n) is 11.7. The van der Waals surface area contributed by atoms with E-state index in [0.717, 1.165) is 83.8 Å². The standard InChI is InChI=1S/C32H54O7/c1-4-5-12-20-32(2,39-31-18-11-14-23-37-31)21-19-26-25(15-8-6-7-9-16-29(34)35-3)27(33)24-28(26)38-30-17-10-13-22-36-30/h6,8,19,21,25-28,30-31,33H,4-5,7,9-18,20,22-24H2,1-3H3/t25-,26-,27+,28-,30?,31?,32+/m1/s1. The molecule has 3 fully saturated rings. The maximum atomic E-state index is 11.4. The van der Waals surface area contributed by atoms with Gasteiger partial charge in [0.15, 0.2) is 12.6 Å². The van der Waals surface area contributed by atoms with Crippen molar-refractivity contribution in [2.75, 3.05) is 20.3 Å². The van der Waals surface area contributed by atoms with Crippen molar-refractivity contribution in [1.29, 1.82) is 0 Å². The van der Waals surface area contributed by atoms with Gasteiger partial charge in [0, 0.05) is 32.0 Å². The summed E-state index contributed by atoms with van der Waals surface area (Å²) in [6.45, 7) is 5.91. The fraction of sp³-hybridized carbons (Fsp3) is 0.844. The van der Waals surface area contributed by atoms with Gasteiger partial charge in [-0.3, -0.25) is 4.79 Å². The number of esters is 1. The van der Waals surface area contributed by atoms with Crippen molar-refractivity contribution in [3.8, 4) is 0 Å². The monoisotopic (exact) mass is 550 g/mol. The molecule has 0 bridgehead atoms. The minimum Gasteiger partial charge on any atom is -0.469 e. The Morgan fingerprint density at radius 1 is 1.03 bits per heavy atom. The molecule has 7 atom stereocenters. The Balaban J connectivity index is 1.71. The number of hydrogen-bond acceptors (Lipinski definition) is 7. The maximum absolute atomic E-state index is 11.4. The van der Waals surface area contributed by atoms with Crippen LogP contribution in [-0.4, -0.2) is 61.8 Å². The van der Waals surface area contributed by atoms with E-state index < -0.39 is 11.7 Å². The summed E-state index contributed by atoms with van der Waals surface area (Å²) in [4.78, 5) is 11.4. The Labute approximate surface area is 236 Å². The van der Waals surface area contributed by atoms with Crippen molar-refractivity contribution in [2.24, 2.45) is 11.8 Å². The number of carbonyl (C=O) groups excluding carboxylic acids is 1. The van der Waals surface area contributed by atoms with Gasteiger partial charge in [-0.2, -0.15) is 0 Å². The summed E-state index contributed by atoms with van der Waals surface area (Å²) in [6, 6.07) is 0. The summed E-state index contributed by atoms with van der Waals surface area (Å²) in [6.07, 6.45) is 21.9. The molecular weight excluding hydrogens is 496 g/mol. The summed E-state index contributed by atoms with van der Waals surface area (Å²) < 4.78 is 29.7. The van der Waals surface area contributed by atoms with Gasteiger partial charge in [-0.1, -0.05) is 50.5 Å². The summed E-state index contributed by atoms with van der Waals surface area (Å²) in [5.41, 5.74) is -0.426. The van der Waals surface area contributed by atoms with Crippen molar-refractivity contribution >= 4 is 5.97 Å². The van der Waals surface area contributed by atoms with Crippen LogP contribution in [0.4, 0.5) is 0 Å². The predicted octanol–water partition coefficient (Wildman–Crippen LogP) is 6.62. The molecule has 7 heteroatoms. The van der Waals surface area contributed by atoms with E-state index >= 15 is 0 Å². The third-order valence-electron chi connectivity index (χ3n) is 8.40. The van der Waals surface area contributed by atoms with E-state index in [-0.39, 0.29) is 36.5 Å². The molecule has 0 aromatic heterocycles. The van der Waals surface area contributed by atoms with E-state index in [9.17, 15) is 9.90 Å². The molecule has 39 heavy (non-hydrogen) atoms.